The van der Waals surface area contributed by atoms with Gasteiger partial charge in [0, 0.05) is 36.8 Å². The van der Waals surface area contributed by atoms with Crippen molar-refractivity contribution in [1.82, 2.24) is 15.4 Å². The third-order valence-corrected chi connectivity index (χ3v) is 4.04. The van der Waals surface area contributed by atoms with E-state index in [9.17, 15) is 14.4 Å². The number of hydrogen-bond acceptors (Lipinski definition) is 8. The minimum atomic E-state index is -1.19. The van der Waals surface area contributed by atoms with Gasteiger partial charge in [0.15, 0.2) is 0 Å². The van der Waals surface area contributed by atoms with E-state index in [-0.39, 0.29) is 31.1 Å². The van der Waals surface area contributed by atoms with Crippen molar-refractivity contribution in [2.75, 3.05) is 19.7 Å². The molecular formula is C21H29N5O6. The van der Waals surface area contributed by atoms with E-state index in [2.05, 4.69) is 15.3 Å². The fourth-order valence-electron chi connectivity index (χ4n) is 2.76. The molecule has 0 spiro atoms. The number of aromatic nitrogens is 1. The van der Waals surface area contributed by atoms with Crippen molar-refractivity contribution in [3.63, 3.8) is 0 Å². The average Bonchev–Trinajstić information content (AvgIpc) is 2.85. The van der Waals surface area contributed by atoms with Crippen LogP contribution >= 0.6 is 0 Å². The number of hydrogen-bond donors (Lipinski definition) is 3. The van der Waals surface area contributed by atoms with Crippen LogP contribution in [0.25, 0.3) is 6.08 Å². The maximum Gasteiger partial charge on any atom is 0.407 e. The van der Waals surface area contributed by atoms with Gasteiger partial charge in [-0.05, 0) is 39.3 Å². The molecule has 174 valence electrons. The minimum absolute atomic E-state index is 0.0575. The first-order valence-corrected chi connectivity index (χ1v) is 10.2. The first kappa shape index (κ1) is 24.8. The summed E-state index contributed by atoms with van der Waals surface area (Å²) in [4.78, 5) is 49.6. The molecule has 2 heterocycles. The van der Waals surface area contributed by atoms with E-state index < -0.39 is 23.6 Å². The van der Waals surface area contributed by atoms with Crippen molar-refractivity contribution < 1.29 is 29.1 Å². The van der Waals surface area contributed by atoms with Gasteiger partial charge in [-0.1, -0.05) is 6.92 Å². The van der Waals surface area contributed by atoms with Gasteiger partial charge < -0.3 is 20.9 Å². The summed E-state index contributed by atoms with van der Waals surface area (Å²) < 4.78 is 5.15. The molecule has 0 fully saturated rings. The number of carboxylic acids is 1. The van der Waals surface area contributed by atoms with Gasteiger partial charge in [-0.3, -0.25) is 9.63 Å². The van der Waals surface area contributed by atoms with Crippen molar-refractivity contribution in [2.45, 2.75) is 46.1 Å². The summed E-state index contributed by atoms with van der Waals surface area (Å²) in [5.74, 6) is -1.43. The van der Waals surface area contributed by atoms with Crippen LogP contribution in [0.4, 0.5) is 10.5 Å². The van der Waals surface area contributed by atoms with Crippen molar-refractivity contribution in [1.29, 1.82) is 0 Å². The van der Waals surface area contributed by atoms with Crippen LogP contribution in [-0.4, -0.2) is 64.3 Å². The van der Waals surface area contributed by atoms with Gasteiger partial charge in [0.1, 0.15) is 17.1 Å². The number of nitrogens with one attached hydrogen (secondary N) is 1. The van der Waals surface area contributed by atoms with Crippen LogP contribution in [0.1, 0.15) is 56.6 Å². The monoisotopic (exact) mass is 447 g/mol. The fourth-order valence-corrected chi connectivity index (χ4v) is 2.76. The number of aromatic carboxylic acids is 1. The van der Waals surface area contributed by atoms with Crippen LogP contribution in [0.15, 0.2) is 22.8 Å². The number of carbonyl (C=O) groups excluding carboxylic acids is 2. The number of carboxylic acid groups (broad SMARTS) is 1. The second kappa shape index (κ2) is 10.7. The third kappa shape index (κ3) is 7.34. The predicted molar refractivity (Wildman–Crippen MR) is 117 cm³/mol. The number of nitrogens with two attached hydrogens (primary N) is 1. The molecule has 0 aromatic carbocycles. The lowest BCUT2D eigenvalue weighted by molar-refractivity contribution is -0.181. The Hall–Kier alpha value is -3.47. The van der Waals surface area contributed by atoms with Crippen molar-refractivity contribution in [3.05, 3.63) is 29.1 Å². The number of alkyl carbamates (subject to hydrolysis) is 1. The van der Waals surface area contributed by atoms with E-state index in [1.165, 1.54) is 17.3 Å². The lowest BCUT2D eigenvalue weighted by Crippen LogP contribution is -2.38. The molecule has 1 aromatic heterocycles. The Labute approximate surface area is 186 Å². The average molecular weight is 447 g/mol. The zero-order chi connectivity index (χ0) is 23.9. The number of ether oxygens (including phenoxy) is 1. The van der Waals surface area contributed by atoms with Gasteiger partial charge >= 0.3 is 12.1 Å². The SMILES string of the molecule is CCCN(OCCNC(=O)OC(C)(C)C)C(=O)C1=Cc2cnc(C(=O)O)cc2N=C(N)C1. The molecule has 32 heavy (non-hydrogen) atoms. The lowest BCUT2D eigenvalue weighted by atomic mass is 10.1. The molecule has 0 aliphatic carbocycles. The first-order chi connectivity index (χ1) is 15.0. The molecule has 11 nitrogen and oxygen atoms in total. The Kier molecular flexibility index (Phi) is 8.30. The Morgan fingerprint density at radius 2 is 2.03 bits per heavy atom. The van der Waals surface area contributed by atoms with Gasteiger partial charge in [-0.25, -0.2) is 24.6 Å². The summed E-state index contributed by atoms with van der Waals surface area (Å²) in [5.41, 5.74) is 6.29. The minimum Gasteiger partial charge on any atom is -0.477 e. The van der Waals surface area contributed by atoms with E-state index in [0.717, 1.165) is 0 Å². The van der Waals surface area contributed by atoms with Gasteiger partial charge in [-0.15, -0.1) is 0 Å². The van der Waals surface area contributed by atoms with E-state index >= 15 is 0 Å². The zero-order valence-corrected chi connectivity index (χ0v) is 18.7. The summed E-state index contributed by atoms with van der Waals surface area (Å²) >= 11 is 0. The number of carbonyl (C=O) groups is 3. The molecule has 1 aliphatic rings. The third-order valence-electron chi connectivity index (χ3n) is 4.04. The van der Waals surface area contributed by atoms with Gasteiger partial charge in [0.2, 0.25) is 0 Å². The van der Waals surface area contributed by atoms with E-state index in [4.69, 9.17) is 20.4 Å². The Bertz CT molecular complexity index is 935. The van der Waals surface area contributed by atoms with E-state index in [0.29, 0.717) is 29.8 Å². The number of amides is 2. The number of aliphatic imine (C=N–C) groups is 1. The lowest BCUT2D eigenvalue weighted by Gasteiger charge is -2.23. The van der Waals surface area contributed by atoms with Crippen LogP contribution in [0.5, 0.6) is 0 Å². The number of pyridine rings is 1. The predicted octanol–water partition coefficient (Wildman–Crippen LogP) is 2.25. The summed E-state index contributed by atoms with van der Waals surface area (Å²) in [5, 5.41) is 12.9. The van der Waals surface area contributed by atoms with Crippen LogP contribution in [0.2, 0.25) is 0 Å². The maximum absolute atomic E-state index is 13.1. The van der Waals surface area contributed by atoms with Gasteiger partial charge in [-0.2, -0.15) is 0 Å². The highest BCUT2D eigenvalue weighted by Gasteiger charge is 2.23. The molecule has 0 bridgehead atoms. The number of fused-ring (bicyclic) bond motifs is 1. The van der Waals surface area contributed by atoms with Gasteiger partial charge in [0.25, 0.3) is 5.91 Å². The molecule has 2 rings (SSSR count). The summed E-state index contributed by atoms with van der Waals surface area (Å²) in [6, 6.07) is 1.30. The zero-order valence-electron chi connectivity index (χ0n) is 18.7. The maximum atomic E-state index is 13.1. The summed E-state index contributed by atoms with van der Waals surface area (Å²) in [6.07, 6.45) is 3.04. The number of rotatable bonds is 8. The number of hydroxylamine groups is 2. The second-order valence-corrected chi connectivity index (χ2v) is 8.05. The molecule has 0 atom stereocenters. The molecular weight excluding hydrogens is 418 g/mol. The summed E-state index contributed by atoms with van der Waals surface area (Å²) in [6.45, 7) is 7.70. The molecule has 11 heteroatoms. The largest absolute Gasteiger partial charge is 0.477 e. The van der Waals surface area contributed by atoms with E-state index in [1.54, 1.807) is 26.8 Å². The van der Waals surface area contributed by atoms with Crippen LogP contribution in [0, 0.1) is 0 Å². The van der Waals surface area contributed by atoms with Crippen LogP contribution in [0.3, 0.4) is 0 Å². The molecule has 4 N–H and O–H groups in total. The normalized spacial score (nSPS) is 13.2. The summed E-state index contributed by atoms with van der Waals surface area (Å²) in [7, 11) is 0. The Balaban J connectivity index is 2.09. The van der Waals surface area contributed by atoms with Crippen molar-refractivity contribution in [3.8, 4) is 0 Å². The first-order valence-electron chi connectivity index (χ1n) is 10.2. The molecule has 0 radical (unpaired) electrons. The fraction of sp³-hybridized carbons (Fsp3) is 0.476. The topological polar surface area (TPSA) is 156 Å². The van der Waals surface area contributed by atoms with Crippen LogP contribution in [-0.2, 0) is 14.4 Å². The Morgan fingerprint density at radius 3 is 2.66 bits per heavy atom. The molecule has 0 saturated carbocycles. The highest BCUT2D eigenvalue weighted by Crippen LogP contribution is 2.27. The van der Waals surface area contributed by atoms with Crippen LogP contribution < -0.4 is 11.1 Å². The van der Waals surface area contributed by atoms with Crippen molar-refractivity contribution in [2.24, 2.45) is 10.7 Å². The molecule has 1 aromatic rings. The standard InChI is InChI=1S/C21H29N5O6/c1-5-7-26(31-8-6-23-20(30)32-21(2,3)4)18(27)13-9-14-12-24-16(19(28)29)11-15(14)25-17(22)10-13/h9,11-12H,5-8,10H2,1-4H3,(H2,22,25)(H,23,30)(H,28,29). The molecule has 1 aliphatic heterocycles. The van der Waals surface area contributed by atoms with E-state index in [1.807, 2.05) is 6.92 Å². The molecule has 0 unspecified atom stereocenters. The quantitative estimate of drug-likeness (QED) is 0.404. The Morgan fingerprint density at radius 1 is 1.31 bits per heavy atom. The smallest absolute Gasteiger partial charge is 0.407 e. The molecule has 2 amide bonds. The highest BCUT2D eigenvalue weighted by atomic mass is 16.7. The highest BCUT2D eigenvalue weighted by molar-refractivity contribution is 6.05. The molecule has 0 saturated heterocycles. The second-order valence-electron chi connectivity index (χ2n) is 8.05. The van der Waals surface area contributed by atoms with Crippen molar-refractivity contribution >= 4 is 35.6 Å². The number of nitrogens with zero attached hydrogens (tertiary/aromatic N) is 3. The number of amidine groups is 1. The van der Waals surface area contributed by atoms with Gasteiger partial charge in [0.05, 0.1) is 12.3 Å².